The van der Waals surface area contributed by atoms with Crippen molar-refractivity contribution in [1.82, 2.24) is 4.98 Å². The largest absolute Gasteiger partial charge is 0.493 e. The molecule has 4 rings (SSSR count). The molecule has 1 aromatic carbocycles. The third-order valence-electron chi connectivity index (χ3n) is 4.87. The van der Waals surface area contributed by atoms with E-state index in [1.165, 1.54) is 17.6 Å². The molecule has 0 bridgehead atoms. The molecule has 3 aromatic heterocycles. The van der Waals surface area contributed by atoms with Gasteiger partial charge in [0.05, 0.1) is 26.5 Å². The Labute approximate surface area is 190 Å². The number of furan rings is 1. The van der Waals surface area contributed by atoms with Crippen molar-refractivity contribution in [2.75, 3.05) is 24.9 Å². The van der Waals surface area contributed by atoms with Crippen LogP contribution in [0.1, 0.15) is 32.6 Å². The van der Waals surface area contributed by atoms with Crippen LogP contribution in [0.4, 0.5) is 10.8 Å². The van der Waals surface area contributed by atoms with Crippen molar-refractivity contribution in [3.8, 4) is 11.5 Å². The molecule has 0 saturated heterocycles. The molecule has 2 N–H and O–H groups in total. The first-order valence-corrected chi connectivity index (χ1v) is 10.8. The molecule has 1 amide bonds. The zero-order valence-electron chi connectivity index (χ0n) is 17.9. The minimum atomic E-state index is -0.369. The highest BCUT2D eigenvalue weighted by atomic mass is 32.1. The van der Waals surface area contributed by atoms with Crippen molar-refractivity contribution < 1.29 is 18.7 Å². The lowest BCUT2D eigenvalue weighted by atomic mass is 9.98. The number of hydrogen-bond acceptors (Lipinski definition) is 7. The summed E-state index contributed by atoms with van der Waals surface area (Å²) in [5.74, 6) is 1.85. The first-order valence-electron chi connectivity index (χ1n) is 9.94. The zero-order chi connectivity index (χ0) is 22.5. The average Bonchev–Trinajstić information content (AvgIpc) is 3.47. The third-order valence-corrected chi connectivity index (χ3v) is 5.85. The Hall–Kier alpha value is -3.78. The van der Waals surface area contributed by atoms with Gasteiger partial charge in [0, 0.05) is 22.2 Å². The number of carbonyl (C=O) groups excluding carboxylic acids is 1. The summed E-state index contributed by atoms with van der Waals surface area (Å²) >= 11 is 1.49. The number of pyridine rings is 1. The van der Waals surface area contributed by atoms with Gasteiger partial charge in [-0.2, -0.15) is 0 Å². The number of amides is 1. The van der Waals surface area contributed by atoms with Crippen LogP contribution in [0.25, 0.3) is 0 Å². The lowest BCUT2D eigenvalue weighted by Crippen LogP contribution is -2.17. The van der Waals surface area contributed by atoms with E-state index in [-0.39, 0.29) is 17.7 Å². The smallest absolute Gasteiger partial charge is 0.291 e. The molecule has 0 saturated carbocycles. The molecule has 4 aromatic rings. The van der Waals surface area contributed by atoms with E-state index in [1.807, 2.05) is 49.4 Å². The highest BCUT2D eigenvalue weighted by Crippen LogP contribution is 2.43. The molecule has 8 heteroatoms. The predicted octanol–water partition coefficient (Wildman–Crippen LogP) is 5.52. The molecule has 1 atom stereocenters. The van der Waals surface area contributed by atoms with Gasteiger partial charge in [-0.15, -0.1) is 11.3 Å². The van der Waals surface area contributed by atoms with E-state index in [9.17, 15) is 4.79 Å². The van der Waals surface area contributed by atoms with Crippen LogP contribution >= 0.6 is 11.3 Å². The van der Waals surface area contributed by atoms with Crippen LogP contribution in [0, 0.1) is 6.92 Å². The third kappa shape index (κ3) is 4.45. The van der Waals surface area contributed by atoms with Crippen LogP contribution < -0.4 is 20.1 Å². The number of para-hydroxylation sites is 1. The minimum absolute atomic E-state index is 0.246. The Balaban J connectivity index is 1.80. The Morgan fingerprint density at radius 2 is 1.94 bits per heavy atom. The van der Waals surface area contributed by atoms with Crippen molar-refractivity contribution in [2.24, 2.45) is 0 Å². The van der Waals surface area contributed by atoms with Gasteiger partial charge >= 0.3 is 0 Å². The second kappa shape index (κ2) is 9.57. The number of anilines is 2. The molecule has 0 aliphatic rings. The minimum Gasteiger partial charge on any atom is -0.493 e. The molecular weight excluding hydrogens is 426 g/mol. The van der Waals surface area contributed by atoms with Crippen LogP contribution in [-0.4, -0.2) is 25.1 Å². The molecule has 0 fully saturated rings. The molecule has 0 aliphatic heterocycles. The number of ether oxygens (including phenoxy) is 2. The molecule has 0 spiro atoms. The number of aromatic nitrogens is 1. The first-order chi connectivity index (χ1) is 15.6. The van der Waals surface area contributed by atoms with Crippen molar-refractivity contribution in [1.29, 1.82) is 0 Å². The average molecular weight is 450 g/mol. The van der Waals surface area contributed by atoms with Crippen LogP contribution in [0.2, 0.25) is 0 Å². The summed E-state index contributed by atoms with van der Waals surface area (Å²) in [6.07, 6.45) is 3.20. The van der Waals surface area contributed by atoms with Gasteiger partial charge in [0.2, 0.25) is 0 Å². The Kier molecular flexibility index (Phi) is 6.42. The normalized spacial score (nSPS) is 11.6. The van der Waals surface area contributed by atoms with Gasteiger partial charge in [0.25, 0.3) is 5.91 Å². The number of nitrogens with zero attached hydrogens (tertiary/aromatic N) is 1. The molecule has 0 radical (unpaired) electrons. The topological polar surface area (TPSA) is 85.6 Å². The lowest BCUT2D eigenvalue weighted by Gasteiger charge is -2.23. The number of thiophene rings is 1. The van der Waals surface area contributed by atoms with Gasteiger partial charge < -0.3 is 24.5 Å². The molecule has 164 valence electrons. The predicted molar refractivity (Wildman–Crippen MR) is 125 cm³/mol. The maximum atomic E-state index is 12.7. The fourth-order valence-corrected chi connectivity index (χ4v) is 4.42. The van der Waals surface area contributed by atoms with Gasteiger partial charge in [-0.05, 0) is 43.3 Å². The monoisotopic (exact) mass is 449 g/mol. The number of nitrogens with one attached hydrogen (secondary N) is 2. The highest BCUT2D eigenvalue weighted by molar-refractivity contribution is 7.16. The molecular formula is C24H23N3O4S. The van der Waals surface area contributed by atoms with E-state index in [4.69, 9.17) is 13.9 Å². The van der Waals surface area contributed by atoms with E-state index in [2.05, 4.69) is 15.6 Å². The van der Waals surface area contributed by atoms with Gasteiger partial charge in [0.1, 0.15) is 10.8 Å². The van der Waals surface area contributed by atoms with E-state index in [1.54, 1.807) is 32.5 Å². The summed E-state index contributed by atoms with van der Waals surface area (Å²) in [6, 6.07) is 16.4. The summed E-state index contributed by atoms with van der Waals surface area (Å²) in [4.78, 5) is 18.2. The summed E-state index contributed by atoms with van der Waals surface area (Å²) < 4.78 is 16.5. The zero-order valence-corrected chi connectivity index (χ0v) is 18.7. The summed E-state index contributed by atoms with van der Waals surface area (Å²) in [5, 5.41) is 7.18. The van der Waals surface area contributed by atoms with Gasteiger partial charge in [-0.1, -0.05) is 18.2 Å². The van der Waals surface area contributed by atoms with Gasteiger partial charge in [0.15, 0.2) is 17.3 Å². The molecule has 7 nitrogen and oxygen atoms in total. The van der Waals surface area contributed by atoms with Crippen LogP contribution in [0.3, 0.4) is 0 Å². The number of rotatable bonds is 8. The van der Waals surface area contributed by atoms with Crippen molar-refractivity contribution >= 4 is 28.1 Å². The van der Waals surface area contributed by atoms with Crippen LogP contribution in [-0.2, 0) is 0 Å². The summed E-state index contributed by atoms with van der Waals surface area (Å²) in [6.45, 7) is 2.00. The molecule has 0 aliphatic carbocycles. The number of aryl methyl sites for hydroxylation is 1. The highest BCUT2D eigenvalue weighted by Gasteiger charge is 2.26. The Morgan fingerprint density at radius 3 is 2.62 bits per heavy atom. The number of carbonyl (C=O) groups is 1. The summed E-state index contributed by atoms with van der Waals surface area (Å²) in [7, 11) is 3.21. The number of methoxy groups -OCH3 is 2. The molecule has 32 heavy (non-hydrogen) atoms. The van der Waals surface area contributed by atoms with E-state index in [0.717, 1.165) is 16.0 Å². The van der Waals surface area contributed by atoms with Crippen molar-refractivity contribution in [3.63, 3.8) is 0 Å². The van der Waals surface area contributed by atoms with E-state index < -0.39 is 0 Å². The van der Waals surface area contributed by atoms with Crippen LogP contribution in [0.15, 0.2) is 71.5 Å². The number of hydrogen-bond donors (Lipinski definition) is 2. The number of benzene rings is 1. The maximum Gasteiger partial charge on any atom is 0.291 e. The van der Waals surface area contributed by atoms with Crippen LogP contribution in [0.5, 0.6) is 11.5 Å². The fourth-order valence-electron chi connectivity index (χ4n) is 3.48. The second-order valence-electron chi connectivity index (χ2n) is 6.95. The first kappa shape index (κ1) is 21.5. The van der Waals surface area contributed by atoms with Crippen molar-refractivity contribution in [2.45, 2.75) is 13.0 Å². The van der Waals surface area contributed by atoms with Gasteiger partial charge in [-0.3, -0.25) is 4.79 Å². The molecule has 0 unspecified atom stereocenters. The van der Waals surface area contributed by atoms with E-state index >= 15 is 0 Å². The maximum absolute atomic E-state index is 12.7. The standard InChI is InChI=1S/C24H23N3O4S/c1-15-14-17(24(32-15)27-23(28)19-10-7-13-31-19)21(26-20-11-4-5-12-25-20)16-8-6-9-18(29-2)22(16)30-3/h4-14,21H,1-3H3,(H,25,26)(H,27,28)/t21-/m0/s1. The van der Waals surface area contributed by atoms with Crippen molar-refractivity contribution in [3.05, 3.63) is 88.8 Å². The SMILES string of the molecule is COc1cccc([C@H](Nc2ccccn2)c2cc(C)sc2NC(=O)c2ccco2)c1OC. The molecule has 3 heterocycles. The lowest BCUT2D eigenvalue weighted by molar-refractivity contribution is 0.0997. The quantitative estimate of drug-likeness (QED) is 0.369. The second-order valence-corrected chi connectivity index (χ2v) is 8.20. The van der Waals surface area contributed by atoms with E-state index in [0.29, 0.717) is 22.3 Å². The Bertz CT molecular complexity index is 1190. The fraction of sp³-hybridized carbons (Fsp3) is 0.167. The summed E-state index contributed by atoms with van der Waals surface area (Å²) in [5.41, 5.74) is 1.73. The van der Waals surface area contributed by atoms with Gasteiger partial charge in [-0.25, -0.2) is 4.98 Å². The Morgan fingerprint density at radius 1 is 1.06 bits per heavy atom.